The van der Waals surface area contributed by atoms with Crippen molar-refractivity contribution >= 4 is 29.7 Å². The summed E-state index contributed by atoms with van der Waals surface area (Å²) in [4.78, 5) is 64.9. The maximum Gasteiger partial charge on any atom is 0.397 e. The second kappa shape index (κ2) is 11.0. The number of likely N-dealkylation sites (N-methyl/N-ethyl adjacent to an activating group) is 1. The summed E-state index contributed by atoms with van der Waals surface area (Å²) in [5.41, 5.74) is -0.853. The highest BCUT2D eigenvalue weighted by Gasteiger charge is 2.41. The van der Waals surface area contributed by atoms with Gasteiger partial charge in [-0.2, -0.15) is 0 Å². The highest BCUT2D eigenvalue weighted by molar-refractivity contribution is 6.32. The topological polar surface area (TPSA) is 133 Å². The van der Waals surface area contributed by atoms with Gasteiger partial charge in [-0.05, 0) is 59.3 Å². The molecule has 1 aliphatic heterocycles. The van der Waals surface area contributed by atoms with E-state index in [0.29, 0.717) is 19.4 Å². The molecule has 0 aromatic rings. The third-order valence-corrected chi connectivity index (χ3v) is 6.36. The van der Waals surface area contributed by atoms with E-state index in [1.54, 1.807) is 20.8 Å². The molecule has 1 heterocycles. The first kappa shape index (κ1) is 26.6. The Hall–Kier alpha value is -2.65. The summed E-state index contributed by atoms with van der Waals surface area (Å²) >= 11 is 0. The molecule has 10 nitrogen and oxygen atoms in total. The number of likely N-dealkylation sites (tertiary alicyclic amines) is 1. The number of carboxylic acids is 1. The molecule has 2 unspecified atom stereocenters. The average molecular weight is 468 g/mol. The average Bonchev–Trinajstić information content (AvgIpc) is 3.25. The minimum absolute atomic E-state index is 0.107. The predicted molar refractivity (Wildman–Crippen MR) is 119 cm³/mol. The fourth-order valence-corrected chi connectivity index (χ4v) is 4.41. The van der Waals surface area contributed by atoms with Crippen molar-refractivity contribution in [2.45, 2.75) is 96.4 Å². The Labute approximate surface area is 195 Å². The zero-order valence-corrected chi connectivity index (χ0v) is 20.3. The van der Waals surface area contributed by atoms with E-state index in [9.17, 15) is 29.1 Å². The van der Waals surface area contributed by atoms with Crippen molar-refractivity contribution in [2.75, 3.05) is 13.6 Å². The third-order valence-electron chi connectivity index (χ3n) is 6.36. The van der Waals surface area contributed by atoms with Crippen LogP contribution >= 0.6 is 0 Å². The molecule has 33 heavy (non-hydrogen) atoms. The SMILES string of the molecule is CC(C(=O)NC(C(=O)N1CCC[C@H]1C(=O)O)C1CCCCC1)N(C)C(=O)C(=O)OC(C)(C)C. The Morgan fingerprint density at radius 3 is 2.18 bits per heavy atom. The van der Waals surface area contributed by atoms with E-state index >= 15 is 0 Å². The van der Waals surface area contributed by atoms with Gasteiger partial charge in [0.15, 0.2) is 0 Å². The molecule has 0 aromatic carbocycles. The van der Waals surface area contributed by atoms with E-state index < -0.39 is 53.4 Å². The monoisotopic (exact) mass is 467 g/mol. The minimum Gasteiger partial charge on any atom is -0.480 e. The Balaban J connectivity index is 2.15. The van der Waals surface area contributed by atoms with Crippen LogP contribution in [0.5, 0.6) is 0 Å². The molecule has 1 saturated heterocycles. The highest BCUT2D eigenvalue weighted by atomic mass is 16.6. The van der Waals surface area contributed by atoms with Crippen LogP contribution < -0.4 is 5.32 Å². The summed E-state index contributed by atoms with van der Waals surface area (Å²) in [6, 6.07) is -2.79. The van der Waals surface area contributed by atoms with Crippen LogP contribution in [0, 0.1) is 5.92 Å². The van der Waals surface area contributed by atoms with Crippen molar-refractivity contribution in [3.8, 4) is 0 Å². The van der Waals surface area contributed by atoms with E-state index in [-0.39, 0.29) is 5.92 Å². The van der Waals surface area contributed by atoms with Gasteiger partial charge in [0.2, 0.25) is 11.8 Å². The standard InChI is InChI=1S/C23H37N3O7/c1-14(25(5)20(29)22(32)33-23(2,3)4)18(27)24-17(15-10-7-6-8-11-15)19(28)26-13-9-12-16(26)21(30)31/h14-17H,6-13H2,1-5H3,(H,24,27)(H,30,31)/t14?,16-,17?/m0/s1. The molecule has 2 N–H and O–H groups in total. The number of aliphatic carboxylic acids is 1. The van der Waals surface area contributed by atoms with Gasteiger partial charge in [0.25, 0.3) is 0 Å². The molecule has 10 heteroatoms. The number of ether oxygens (including phenoxy) is 1. The lowest BCUT2D eigenvalue weighted by molar-refractivity contribution is -0.168. The van der Waals surface area contributed by atoms with Gasteiger partial charge in [0, 0.05) is 13.6 Å². The van der Waals surface area contributed by atoms with Crippen LogP contribution in [0.15, 0.2) is 0 Å². The number of nitrogens with zero attached hydrogens (tertiary/aromatic N) is 2. The largest absolute Gasteiger partial charge is 0.480 e. The number of hydrogen-bond acceptors (Lipinski definition) is 6. The van der Waals surface area contributed by atoms with Gasteiger partial charge in [-0.1, -0.05) is 19.3 Å². The normalized spacial score (nSPS) is 21.1. The number of carbonyl (C=O) groups excluding carboxylic acids is 4. The van der Waals surface area contributed by atoms with E-state index in [1.165, 1.54) is 18.9 Å². The molecule has 0 radical (unpaired) electrons. The lowest BCUT2D eigenvalue weighted by atomic mass is 9.83. The smallest absolute Gasteiger partial charge is 0.397 e. The molecule has 2 aliphatic rings. The van der Waals surface area contributed by atoms with Crippen LogP contribution in [-0.2, 0) is 28.7 Å². The van der Waals surface area contributed by atoms with Gasteiger partial charge in [-0.3, -0.25) is 14.4 Å². The molecule has 1 aliphatic carbocycles. The summed E-state index contributed by atoms with van der Waals surface area (Å²) in [5, 5.41) is 12.3. The summed E-state index contributed by atoms with van der Waals surface area (Å²) in [5.74, 6) is -4.16. The van der Waals surface area contributed by atoms with E-state index in [0.717, 1.165) is 37.0 Å². The Bertz CT molecular complexity index is 771. The predicted octanol–water partition coefficient (Wildman–Crippen LogP) is 1.32. The van der Waals surface area contributed by atoms with Crippen LogP contribution in [0.25, 0.3) is 0 Å². The van der Waals surface area contributed by atoms with Crippen molar-refractivity contribution in [3.63, 3.8) is 0 Å². The molecule has 2 fully saturated rings. The van der Waals surface area contributed by atoms with Crippen molar-refractivity contribution < 1.29 is 33.8 Å². The van der Waals surface area contributed by atoms with E-state index in [4.69, 9.17) is 4.74 Å². The summed E-state index contributed by atoms with van der Waals surface area (Å²) in [6.07, 6.45) is 5.40. The van der Waals surface area contributed by atoms with Gasteiger partial charge < -0.3 is 25.0 Å². The molecule has 3 amide bonds. The van der Waals surface area contributed by atoms with Gasteiger partial charge >= 0.3 is 17.8 Å². The lowest BCUT2D eigenvalue weighted by Crippen LogP contribution is -2.58. The molecular weight excluding hydrogens is 430 g/mol. The van der Waals surface area contributed by atoms with Gasteiger partial charge in [0.05, 0.1) is 0 Å². The molecule has 186 valence electrons. The first-order valence-electron chi connectivity index (χ1n) is 11.7. The van der Waals surface area contributed by atoms with E-state index in [1.807, 2.05) is 0 Å². The summed E-state index contributed by atoms with van der Waals surface area (Å²) < 4.78 is 5.09. The molecule has 2 rings (SSSR count). The number of hydrogen-bond donors (Lipinski definition) is 2. The molecule has 0 spiro atoms. The number of esters is 1. The van der Waals surface area contributed by atoms with Crippen molar-refractivity contribution in [2.24, 2.45) is 5.92 Å². The van der Waals surface area contributed by atoms with Gasteiger partial charge in [0.1, 0.15) is 23.7 Å². The number of rotatable bonds is 6. The van der Waals surface area contributed by atoms with Gasteiger partial charge in [-0.15, -0.1) is 0 Å². The fourth-order valence-electron chi connectivity index (χ4n) is 4.41. The number of amides is 3. The summed E-state index contributed by atoms with van der Waals surface area (Å²) in [6.45, 7) is 6.71. The van der Waals surface area contributed by atoms with Crippen LogP contribution in [0.3, 0.4) is 0 Å². The molecular formula is C23H37N3O7. The number of carbonyl (C=O) groups is 5. The third kappa shape index (κ3) is 6.91. The maximum absolute atomic E-state index is 13.4. The zero-order chi connectivity index (χ0) is 24.9. The van der Waals surface area contributed by atoms with Crippen LogP contribution in [0.4, 0.5) is 0 Å². The number of carboxylic acid groups (broad SMARTS) is 1. The Kier molecular flexibility index (Phi) is 8.85. The van der Waals surface area contributed by atoms with Crippen LogP contribution in [-0.4, -0.2) is 81.9 Å². The molecule has 1 saturated carbocycles. The van der Waals surface area contributed by atoms with Gasteiger partial charge in [-0.25, -0.2) is 9.59 Å². The first-order valence-corrected chi connectivity index (χ1v) is 11.7. The molecule has 3 atom stereocenters. The van der Waals surface area contributed by atoms with Crippen LogP contribution in [0.2, 0.25) is 0 Å². The molecule has 0 bridgehead atoms. The quantitative estimate of drug-likeness (QED) is 0.444. The fraction of sp³-hybridized carbons (Fsp3) is 0.783. The number of nitrogens with one attached hydrogen (secondary N) is 1. The second-order valence-electron chi connectivity index (χ2n) is 10.0. The zero-order valence-electron chi connectivity index (χ0n) is 20.3. The van der Waals surface area contributed by atoms with Crippen molar-refractivity contribution in [3.05, 3.63) is 0 Å². The molecule has 0 aromatic heterocycles. The van der Waals surface area contributed by atoms with Crippen LogP contribution in [0.1, 0.15) is 72.6 Å². The summed E-state index contributed by atoms with van der Waals surface area (Å²) in [7, 11) is 1.33. The first-order chi connectivity index (χ1) is 15.3. The maximum atomic E-state index is 13.4. The lowest BCUT2D eigenvalue weighted by Gasteiger charge is -2.35. The Morgan fingerprint density at radius 1 is 1.03 bits per heavy atom. The Morgan fingerprint density at radius 2 is 1.64 bits per heavy atom. The highest BCUT2D eigenvalue weighted by Crippen LogP contribution is 2.29. The minimum atomic E-state index is -1.06. The van der Waals surface area contributed by atoms with Crippen molar-refractivity contribution in [1.29, 1.82) is 0 Å². The van der Waals surface area contributed by atoms with Crippen molar-refractivity contribution in [1.82, 2.24) is 15.1 Å². The second-order valence-corrected chi connectivity index (χ2v) is 10.0. The van der Waals surface area contributed by atoms with E-state index in [2.05, 4.69) is 5.32 Å².